The number of imidazole rings is 1. The highest BCUT2D eigenvalue weighted by molar-refractivity contribution is 5.68. The predicted octanol–water partition coefficient (Wildman–Crippen LogP) is 2.63. The summed E-state index contributed by atoms with van der Waals surface area (Å²) in [5, 5.41) is 3.09. The number of aromatic nitrogens is 3. The van der Waals surface area contributed by atoms with Gasteiger partial charge in [-0.25, -0.2) is 14.8 Å². The lowest BCUT2D eigenvalue weighted by Gasteiger charge is -2.42. The molecule has 1 amide bonds. The lowest BCUT2D eigenvalue weighted by Crippen LogP contribution is -2.55. The van der Waals surface area contributed by atoms with Gasteiger partial charge in [-0.1, -0.05) is 0 Å². The second kappa shape index (κ2) is 6.92. The van der Waals surface area contributed by atoms with Crippen molar-refractivity contribution in [2.75, 3.05) is 24.6 Å². The molecule has 4 rings (SSSR count). The molecule has 2 aliphatic heterocycles. The van der Waals surface area contributed by atoms with E-state index >= 15 is 0 Å². The molecule has 0 aromatic carbocycles. The topological polar surface area (TPSA) is 81.0 Å². The molecule has 8 heteroatoms. The van der Waals surface area contributed by atoms with Gasteiger partial charge in [0, 0.05) is 37.1 Å². The summed E-state index contributed by atoms with van der Waals surface area (Å²) in [5.74, 6) is 0.911. The smallest absolute Gasteiger partial charge is 0.407 e. The number of anilines is 1. The molecule has 1 N–H and O–H groups in total. The van der Waals surface area contributed by atoms with Crippen LogP contribution in [0.25, 0.3) is 5.65 Å². The molecule has 1 spiro atoms. The number of fused-ring (bicyclic) bond motifs is 1. The number of nitrogens with zero attached hydrogens (tertiary/aromatic N) is 4. The van der Waals surface area contributed by atoms with Crippen LogP contribution >= 0.6 is 0 Å². The first kappa shape index (κ1) is 19.0. The third kappa shape index (κ3) is 3.53. The van der Waals surface area contributed by atoms with Crippen molar-refractivity contribution >= 4 is 17.7 Å². The maximum Gasteiger partial charge on any atom is 0.407 e. The van der Waals surface area contributed by atoms with Crippen LogP contribution in [-0.4, -0.2) is 57.9 Å². The molecule has 28 heavy (non-hydrogen) atoms. The number of ether oxygens (including phenoxy) is 2. The third-order valence-electron chi connectivity index (χ3n) is 5.78. The Morgan fingerprint density at radius 2 is 2.04 bits per heavy atom. The molecule has 2 fully saturated rings. The summed E-state index contributed by atoms with van der Waals surface area (Å²) in [6.45, 7) is 10.0. The van der Waals surface area contributed by atoms with E-state index in [1.54, 1.807) is 12.4 Å². The summed E-state index contributed by atoms with van der Waals surface area (Å²) in [7, 11) is 0. The maximum absolute atomic E-state index is 12.4. The van der Waals surface area contributed by atoms with E-state index in [-0.39, 0.29) is 23.7 Å². The number of carbonyl (C=O) groups is 1. The Balaban J connectivity index is 1.47. The first-order valence-electron chi connectivity index (χ1n) is 9.92. The second-order valence-corrected chi connectivity index (χ2v) is 8.89. The summed E-state index contributed by atoms with van der Waals surface area (Å²) >= 11 is 0. The fourth-order valence-electron chi connectivity index (χ4n) is 4.37. The van der Waals surface area contributed by atoms with E-state index in [0.717, 1.165) is 37.5 Å². The lowest BCUT2D eigenvalue weighted by atomic mass is 9.73. The summed E-state index contributed by atoms with van der Waals surface area (Å²) in [6.07, 6.45) is 6.97. The fraction of sp³-hybridized carbons (Fsp3) is 0.650. The average molecular weight is 387 g/mol. The Labute approximate surface area is 165 Å². The largest absolute Gasteiger partial charge is 0.444 e. The van der Waals surface area contributed by atoms with E-state index in [1.807, 2.05) is 44.4 Å². The zero-order valence-electron chi connectivity index (χ0n) is 17.0. The van der Waals surface area contributed by atoms with E-state index < -0.39 is 5.60 Å². The highest BCUT2D eigenvalue weighted by Crippen LogP contribution is 2.43. The monoisotopic (exact) mass is 387 g/mol. The SMILES string of the molecule is C[C@@H]1OCC2(CCN(c3nccc4nccn34)CC2)[C@@H]1NC(=O)OC(C)(C)C. The molecule has 0 bridgehead atoms. The van der Waals surface area contributed by atoms with Gasteiger partial charge in [-0.3, -0.25) is 4.40 Å². The van der Waals surface area contributed by atoms with Crippen molar-refractivity contribution in [1.29, 1.82) is 0 Å². The molecule has 8 nitrogen and oxygen atoms in total. The highest BCUT2D eigenvalue weighted by atomic mass is 16.6. The molecule has 0 radical (unpaired) electrons. The van der Waals surface area contributed by atoms with Crippen LogP contribution in [0.15, 0.2) is 24.7 Å². The van der Waals surface area contributed by atoms with Crippen LogP contribution < -0.4 is 10.2 Å². The molecule has 0 aliphatic carbocycles. The van der Waals surface area contributed by atoms with Gasteiger partial charge >= 0.3 is 6.09 Å². The lowest BCUT2D eigenvalue weighted by molar-refractivity contribution is 0.0434. The number of alkyl carbamates (subject to hydrolysis) is 1. The van der Waals surface area contributed by atoms with Crippen LogP contribution in [0.2, 0.25) is 0 Å². The van der Waals surface area contributed by atoms with E-state index in [2.05, 4.69) is 20.2 Å². The Hall–Kier alpha value is -2.35. The molecule has 152 valence electrons. The van der Waals surface area contributed by atoms with Gasteiger partial charge in [-0.15, -0.1) is 0 Å². The molecule has 0 saturated carbocycles. The number of piperidine rings is 1. The quantitative estimate of drug-likeness (QED) is 0.853. The molecule has 2 aromatic rings. The number of hydrogen-bond donors (Lipinski definition) is 1. The van der Waals surface area contributed by atoms with Crippen LogP contribution in [0, 0.1) is 5.41 Å². The van der Waals surface area contributed by atoms with Crippen molar-refractivity contribution in [3.63, 3.8) is 0 Å². The van der Waals surface area contributed by atoms with E-state index in [4.69, 9.17) is 9.47 Å². The maximum atomic E-state index is 12.4. The van der Waals surface area contributed by atoms with Gasteiger partial charge in [-0.2, -0.15) is 0 Å². The van der Waals surface area contributed by atoms with Crippen molar-refractivity contribution in [3.05, 3.63) is 24.7 Å². The standard InChI is InChI=1S/C20H29N5O3/c1-14-16(23-18(26)28-19(2,3)4)20(13-27-14)6-10-24(11-7-20)17-22-8-5-15-21-9-12-25(15)17/h5,8-9,12,14,16H,6-7,10-11,13H2,1-4H3,(H,23,26)/t14-,16+/m0/s1. The normalized spacial score (nSPS) is 24.6. The molecule has 0 unspecified atom stereocenters. The number of hydrogen-bond acceptors (Lipinski definition) is 6. The van der Waals surface area contributed by atoms with Crippen molar-refractivity contribution in [2.45, 2.75) is 58.3 Å². The van der Waals surface area contributed by atoms with Crippen LogP contribution in [0.4, 0.5) is 10.7 Å². The molecule has 2 saturated heterocycles. The van der Waals surface area contributed by atoms with Crippen molar-refractivity contribution < 1.29 is 14.3 Å². The summed E-state index contributed by atoms with van der Waals surface area (Å²) in [5.41, 5.74) is 0.307. The van der Waals surface area contributed by atoms with Gasteiger partial charge in [0.15, 0.2) is 0 Å². The van der Waals surface area contributed by atoms with Crippen molar-refractivity contribution in [1.82, 2.24) is 19.7 Å². The molecule has 4 heterocycles. The van der Waals surface area contributed by atoms with Crippen molar-refractivity contribution in [2.24, 2.45) is 5.41 Å². The zero-order valence-corrected chi connectivity index (χ0v) is 17.0. The van der Waals surface area contributed by atoms with Gasteiger partial charge in [-0.05, 0) is 46.6 Å². The molecule has 2 atom stereocenters. The first-order valence-corrected chi connectivity index (χ1v) is 9.92. The van der Waals surface area contributed by atoms with Gasteiger partial charge < -0.3 is 19.7 Å². The summed E-state index contributed by atoms with van der Waals surface area (Å²) < 4.78 is 13.5. The van der Waals surface area contributed by atoms with Gasteiger partial charge in [0.2, 0.25) is 5.95 Å². The summed E-state index contributed by atoms with van der Waals surface area (Å²) in [6, 6.07) is 1.85. The minimum Gasteiger partial charge on any atom is -0.444 e. The fourth-order valence-corrected chi connectivity index (χ4v) is 4.37. The van der Waals surface area contributed by atoms with Crippen LogP contribution in [0.3, 0.4) is 0 Å². The number of carbonyl (C=O) groups excluding carboxylic acids is 1. The minimum atomic E-state index is -0.515. The van der Waals surface area contributed by atoms with Crippen molar-refractivity contribution in [3.8, 4) is 0 Å². The Morgan fingerprint density at radius 3 is 2.75 bits per heavy atom. The van der Waals surface area contributed by atoms with Crippen LogP contribution in [0.1, 0.15) is 40.5 Å². The van der Waals surface area contributed by atoms with E-state index in [0.29, 0.717) is 6.61 Å². The second-order valence-electron chi connectivity index (χ2n) is 8.89. The third-order valence-corrected chi connectivity index (χ3v) is 5.78. The van der Waals surface area contributed by atoms with Crippen LogP contribution in [-0.2, 0) is 9.47 Å². The summed E-state index contributed by atoms with van der Waals surface area (Å²) in [4.78, 5) is 23.6. The molecule has 2 aliphatic rings. The molecular weight excluding hydrogens is 358 g/mol. The average Bonchev–Trinajstić information content (AvgIpc) is 3.22. The van der Waals surface area contributed by atoms with Crippen LogP contribution in [0.5, 0.6) is 0 Å². The van der Waals surface area contributed by atoms with Gasteiger partial charge in [0.25, 0.3) is 0 Å². The van der Waals surface area contributed by atoms with E-state index in [1.165, 1.54) is 0 Å². The highest BCUT2D eigenvalue weighted by Gasteiger charge is 2.50. The zero-order chi connectivity index (χ0) is 19.9. The Morgan fingerprint density at radius 1 is 1.29 bits per heavy atom. The van der Waals surface area contributed by atoms with E-state index in [9.17, 15) is 4.79 Å². The van der Waals surface area contributed by atoms with Gasteiger partial charge in [0.05, 0.1) is 18.8 Å². The first-order chi connectivity index (χ1) is 13.3. The number of amides is 1. The number of rotatable bonds is 2. The van der Waals surface area contributed by atoms with Gasteiger partial charge in [0.1, 0.15) is 11.2 Å². The Bertz CT molecular complexity index is 851. The number of nitrogens with one attached hydrogen (secondary N) is 1. The molecular formula is C20H29N5O3. The molecule has 2 aromatic heterocycles. The predicted molar refractivity (Wildman–Crippen MR) is 105 cm³/mol. The Kier molecular flexibility index (Phi) is 4.69. The minimum absolute atomic E-state index is 0.0331.